The fourth-order valence-electron chi connectivity index (χ4n) is 3.99. The number of anilines is 2. The number of aliphatic hydroxyl groups is 1. The smallest absolute Gasteiger partial charge is 0.255 e. The molecular formula is C24H22N6O2. The highest BCUT2D eigenvalue weighted by atomic mass is 16.3. The number of fused-ring (bicyclic) bond motifs is 1. The van der Waals surface area contributed by atoms with Crippen LogP contribution in [0.2, 0.25) is 0 Å². The highest BCUT2D eigenvalue weighted by Gasteiger charge is 2.33. The molecule has 1 atom stereocenters. The lowest BCUT2D eigenvalue weighted by Gasteiger charge is -2.26. The van der Waals surface area contributed by atoms with Gasteiger partial charge in [0.25, 0.3) is 5.91 Å². The lowest BCUT2D eigenvalue weighted by Crippen LogP contribution is -2.31. The fourth-order valence-corrected chi connectivity index (χ4v) is 3.99. The van der Waals surface area contributed by atoms with Crippen molar-refractivity contribution in [2.24, 2.45) is 7.05 Å². The number of nitrogens with one attached hydrogen (secondary N) is 1. The van der Waals surface area contributed by atoms with E-state index in [1.54, 1.807) is 22.0 Å². The Labute approximate surface area is 185 Å². The van der Waals surface area contributed by atoms with E-state index in [2.05, 4.69) is 20.4 Å². The van der Waals surface area contributed by atoms with Gasteiger partial charge in [-0.05, 0) is 23.3 Å². The number of hydrogen-bond donors (Lipinski definition) is 2. The van der Waals surface area contributed by atoms with Gasteiger partial charge in [-0.3, -0.25) is 9.48 Å². The van der Waals surface area contributed by atoms with E-state index in [-0.39, 0.29) is 18.6 Å². The molecule has 0 bridgehead atoms. The number of aliphatic hydroxyl groups excluding tert-OH is 1. The van der Waals surface area contributed by atoms with E-state index in [0.717, 1.165) is 22.4 Å². The summed E-state index contributed by atoms with van der Waals surface area (Å²) in [5.41, 5.74) is 4.82. The third-order valence-electron chi connectivity index (χ3n) is 5.59. The third kappa shape index (κ3) is 3.72. The van der Waals surface area contributed by atoms with Crippen LogP contribution in [0.4, 0.5) is 11.6 Å². The molecule has 0 fully saturated rings. The summed E-state index contributed by atoms with van der Waals surface area (Å²) in [5, 5.41) is 17.3. The average Bonchev–Trinajstić information content (AvgIpc) is 3.38. The molecule has 8 heteroatoms. The van der Waals surface area contributed by atoms with Crippen molar-refractivity contribution >= 4 is 17.5 Å². The predicted molar refractivity (Wildman–Crippen MR) is 120 cm³/mol. The molecule has 0 saturated carbocycles. The first-order valence-corrected chi connectivity index (χ1v) is 10.3. The molecule has 1 aliphatic rings. The second-order valence-electron chi connectivity index (χ2n) is 7.71. The summed E-state index contributed by atoms with van der Waals surface area (Å²) in [5.74, 6) is 0.362. The second-order valence-corrected chi connectivity index (χ2v) is 7.71. The first kappa shape index (κ1) is 19.9. The molecule has 32 heavy (non-hydrogen) atoms. The van der Waals surface area contributed by atoms with Gasteiger partial charge in [0.2, 0.25) is 5.95 Å². The molecule has 0 aliphatic carbocycles. The summed E-state index contributed by atoms with van der Waals surface area (Å²) >= 11 is 0. The zero-order valence-electron chi connectivity index (χ0n) is 17.5. The van der Waals surface area contributed by atoms with Crippen LogP contribution in [0.1, 0.15) is 27.5 Å². The summed E-state index contributed by atoms with van der Waals surface area (Å²) in [6.45, 7) is 0.331. The number of hydrogen-bond acceptors (Lipinski definition) is 6. The van der Waals surface area contributed by atoms with Gasteiger partial charge < -0.3 is 15.3 Å². The van der Waals surface area contributed by atoms with E-state index in [9.17, 15) is 9.90 Å². The zero-order chi connectivity index (χ0) is 22.1. The molecule has 1 aliphatic heterocycles. The largest absolute Gasteiger partial charge is 0.394 e. The zero-order valence-corrected chi connectivity index (χ0v) is 17.5. The van der Waals surface area contributed by atoms with Crippen molar-refractivity contribution in [2.45, 2.75) is 12.6 Å². The Hall–Kier alpha value is -4.04. The van der Waals surface area contributed by atoms with Crippen molar-refractivity contribution in [1.29, 1.82) is 0 Å². The van der Waals surface area contributed by atoms with E-state index in [1.165, 1.54) is 0 Å². The standard InChI is InChI=1S/C24H22N6O2/c1-29-14-19(12-26-29)27-24-25-10-9-21(28-24)17-7-8-18-13-30(23(32)20(18)11-17)22(15-31)16-5-3-2-4-6-16/h2-12,14,22,31H,13,15H2,1H3,(H,25,27,28)/t22-/m1/s1. The minimum atomic E-state index is -0.381. The molecule has 0 unspecified atom stereocenters. The SMILES string of the molecule is Cn1cc(Nc2nccc(-c3ccc4c(c3)C(=O)N([C@H](CO)c3ccccc3)C4)n2)cn1. The maximum absolute atomic E-state index is 13.2. The lowest BCUT2D eigenvalue weighted by molar-refractivity contribution is 0.0615. The molecule has 2 N–H and O–H groups in total. The molecule has 2 aromatic heterocycles. The van der Waals surface area contributed by atoms with Gasteiger partial charge in [-0.15, -0.1) is 0 Å². The monoisotopic (exact) mass is 426 g/mol. The van der Waals surface area contributed by atoms with Crippen LogP contribution in [-0.2, 0) is 13.6 Å². The average molecular weight is 426 g/mol. The Morgan fingerprint density at radius 1 is 1.16 bits per heavy atom. The molecule has 3 heterocycles. The van der Waals surface area contributed by atoms with Crippen LogP contribution in [0.25, 0.3) is 11.3 Å². The molecule has 0 radical (unpaired) electrons. The van der Waals surface area contributed by atoms with E-state index >= 15 is 0 Å². The third-order valence-corrected chi connectivity index (χ3v) is 5.59. The molecule has 160 valence electrons. The maximum Gasteiger partial charge on any atom is 0.255 e. The summed E-state index contributed by atoms with van der Waals surface area (Å²) in [4.78, 5) is 23.8. The predicted octanol–water partition coefficient (Wildman–Crippen LogP) is 3.31. The molecule has 0 saturated heterocycles. The number of nitrogens with zero attached hydrogens (tertiary/aromatic N) is 5. The Balaban J connectivity index is 1.41. The molecule has 4 aromatic rings. The summed E-state index contributed by atoms with van der Waals surface area (Å²) < 4.78 is 1.69. The number of aromatic nitrogens is 4. The van der Waals surface area contributed by atoms with Crippen molar-refractivity contribution in [1.82, 2.24) is 24.6 Å². The van der Waals surface area contributed by atoms with E-state index in [1.807, 2.05) is 67.8 Å². The fraction of sp³-hybridized carbons (Fsp3) is 0.167. The maximum atomic E-state index is 13.2. The van der Waals surface area contributed by atoms with Gasteiger partial charge in [0.05, 0.1) is 30.2 Å². The van der Waals surface area contributed by atoms with Crippen molar-refractivity contribution in [2.75, 3.05) is 11.9 Å². The minimum Gasteiger partial charge on any atom is -0.394 e. The van der Waals surface area contributed by atoms with Gasteiger partial charge >= 0.3 is 0 Å². The molecule has 5 rings (SSSR count). The summed E-state index contributed by atoms with van der Waals surface area (Å²) in [6.07, 6.45) is 5.21. The van der Waals surface area contributed by atoms with Gasteiger partial charge in [-0.25, -0.2) is 9.97 Å². The Kier molecular flexibility index (Phi) is 5.12. The minimum absolute atomic E-state index is 0.0903. The normalized spacial score (nSPS) is 13.8. The van der Waals surface area contributed by atoms with Crippen molar-refractivity contribution in [3.63, 3.8) is 0 Å². The van der Waals surface area contributed by atoms with Crippen LogP contribution in [0.3, 0.4) is 0 Å². The van der Waals surface area contributed by atoms with Crippen LogP contribution in [0.15, 0.2) is 73.2 Å². The van der Waals surface area contributed by atoms with Gasteiger partial charge in [0, 0.05) is 37.1 Å². The van der Waals surface area contributed by atoms with Gasteiger partial charge in [0.1, 0.15) is 0 Å². The number of amides is 1. The van der Waals surface area contributed by atoms with Crippen LogP contribution in [-0.4, -0.2) is 42.3 Å². The van der Waals surface area contributed by atoms with Crippen LogP contribution < -0.4 is 5.32 Å². The number of rotatable bonds is 6. The Bertz CT molecular complexity index is 1270. The van der Waals surface area contributed by atoms with Crippen LogP contribution in [0.5, 0.6) is 0 Å². The number of carbonyl (C=O) groups is 1. The van der Waals surface area contributed by atoms with Crippen LogP contribution in [0, 0.1) is 0 Å². The Morgan fingerprint density at radius 3 is 2.75 bits per heavy atom. The first-order chi connectivity index (χ1) is 15.6. The summed E-state index contributed by atoms with van der Waals surface area (Å²) in [6, 6.07) is 16.8. The molecular weight excluding hydrogens is 404 g/mol. The van der Waals surface area contributed by atoms with Crippen molar-refractivity contribution < 1.29 is 9.90 Å². The molecule has 2 aromatic carbocycles. The molecule has 1 amide bonds. The van der Waals surface area contributed by atoms with E-state index in [4.69, 9.17) is 0 Å². The van der Waals surface area contributed by atoms with Crippen LogP contribution >= 0.6 is 0 Å². The van der Waals surface area contributed by atoms with Crippen molar-refractivity contribution in [3.8, 4) is 11.3 Å². The quantitative estimate of drug-likeness (QED) is 0.491. The van der Waals surface area contributed by atoms with Crippen molar-refractivity contribution in [3.05, 3.63) is 89.9 Å². The number of aryl methyl sites for hydroxylation is 1. The summed E-state index contributed by atoms with van der Waals surface area (Å²) in [7, 11) is 1.84. The van der Waals surface area contributed by atoms with E-state index in [0.29, 0.717) is 23.8 Å². The van der Waals surface area contributed by atoms with Gasteiger partial charge in [-0.1, -0.05) is 42.5 Å². The number of benzene rings is 2. The highest BCUT2D eigenvalue weighted by molar-refractivity contribution is 5.99. The lowest BCUT2D eigenvalue weighted by atomic mass is 10.0. The van der Waals surface area contributed by atoms with Gasteiger partial charge in [-0.2, -0.15) is 5.10 Å². The Morgan fingerprint density at radius 2 is 2.00 bits per heavy atom. The topological polar surface area (TPSA) is 96.2 Å². The number of carbonyl (C=O) groups excluding carboxylic acids is 1. The first-order valence-electron chi connectivity index (χ1n) is 10.3. The van der Waals surface area contributed by atoms with E-state index < -0.39 is 0 Å². The highest BCUT2D eigenvalue weighted by Crippen LogP contribution is 2.33. The van der Waals surface area contributed by atoms with Gasteiger partial charge in [0.15, 0.2) is 0 Å². The molecule has 0 spiro atoms. The second kappa shape index (κ2) is 8.24. The molecule has 8 nitrogen and oxygen atoms in total.